The molecule has 2 N–H and O–H groups in total. The number of amides is 2. The van der Waals surface area contributed by atoms with E-state index >= 15 is 0 Å². The first-order valence-corrected chi connectivity index (χ1v) is 8.31. The predicted octanol–water partition coefficient (Wildman–Crippen LogP) is -0.924. The van der Waals surface area contributed by atoms with E-state index in [2.05, 4.69) is 17.2 Å². The van der Waals surface area contributed by atoms with Crippen molar-refractivity contribution in [3.63, 3.8) is 0 Å². The van der Waals surface area contributed by atoms with E-state index in [4.69, 9.17) is 0 Å². The number of piperidine rings is 1. The van der Waals surface area contributed by atoms with E-state index in [-0.39, 0.29) is 12.5 Å². The first-order valence-electron chi connectivity index (χ1n) is 6.46. The number of carbonyl (C=O) groups excluding carboxylic acids is 2. The lowest BCUT2D eigenvalue weighted by molar-refractivity contribution is -0.139. The van der Waals surface area contributed by atoms with E-state index in [0.29, 0.717) is 32.5 Å². The summed E-state index contributed by atoms with van der Waals surface area (Å²) in [6, 6.07) is 0. The summed E-state index contributed by atoms with van der Waals surface area (Å²) in [5.74, 6) is -1.15. The molecule has 2 amide bonds. The highest BCUT2D eigenvalue weighted by Crippen LogP contribution is 2.18. The number of hydrogen-bond donors (Lipinski definition) is 2. The maximum atomic E-state index is 11.5. The van der Waals surface area contributed by atoms with Crippen LogP contribution < -0.4 is 10.6 Å². The maximum absolute atomic E-state index is 11.5. The zero-order valence-electron chi connectivity index (χ0n) is 11.6. The molecule has 1 aliphatic rings. The highest BCUT2D eigenvalue weighted by molar-refractivity contribution is 7.88. The lowest BCUT2D eigenvalue weighted by Crippen LogP contribution is -2.44. The van der Waals surface area contributed by atoms with Crippen molar-refractivity contribution in [3.05, 3.63) is 12.7 Å². The third-order valence-electron chi connectivity index (χ3n) is 3.21. The molecule has 1 rings (SSSR count). The van der Waals surface area contributed by atoms with Gasteiger partial charge in [0.15, 0.2) is 0 Å². The van der Waals surface area contributed by atoms with E-state index < -0.39 is 21.8 Å². The van der Waals surface area contributed by atoms with Crippen molar-refractivity contribution in [2.45, 2.75) is 12.8 Å². The highest BCUT2D eigenvalue weighted by atomic mass is 32.2. The fourth-order valence-electron chi connectivity index (χ4n) is 2.01. The maximum Gasteiger partial charge on any atom is 0.309 e. The molecule has 1 aliphatic heterocycles. The minimum absolute atomic E-state index is 0.198. The van der Waals surface area contributed by atoms with Gasteiger partial charge in [-0.15, -0.1) is 6.58 Å². The van der Waals surface area contributed by atoms with Gasteiger partial charge in [-0.3, -0.25) is 9.59 Å². The second-order valence-electron chi connectivity index (χ2n) is 4.81. The first-order chi connectivity index (χ1) is 9.34. The largest absolute Gasteiger partial charge is 0.348 e. The molecule has 0 aromatic rings. The SMILES string of the molecule is C=CCNC(=O)C(=O)NCC1CCN(S(C)(=O)=O)CC1. The van der Waals surface area contributed by atoms with Crippen LogP contribution in [0.3, 0.4) is 0 Å². The van der Waals surface area contributed by atoms with Crippen molar-refractivity contribution >= 4 is 21.8 Å². The lowest BCUT2D eigenvalue weighted by atomic mass is 9.98. The molecule has 0 spiro atoms. The number of hydrogen-bond acceptors (Lipinski definition) is 4. The summed E-state index contributed by atoms with van der Waals surface area (Å²) in [5, 5.41) is 4.95. The van der Waals surface area contributed by atoms with Crippen LogP contribution in [0.4, 0.5) is 0 Å². The second kappa shape index (κ2) is 7.39. The highest BCUT2D eigenvalue weighted by Gasteiger charge is 2.25. The van der Waals surface area contributed by atoms with Crippen LogP contribution in [-0.2, 0) is 19.6 Å². The van der Waals surface area contributed by atoms with Crippen LogP contribution in [0.1, 0.15) is 12.8 Å². The Hall–Kier alpha value is -1.41. The Morgan fingerprint density at radius 1 is 1.25 bits per heavy atom. The molecule has 20 heavy (non-hydrogen) atoms. The van der Waals surface area contributed by atoms with Gasteiger partial charge in [-0.1, -0.05) is 6.08 Å². The third kappa shape index (κ3) is 5.30. The van der Waals surface area contributed by atoms with Gasteiger partial charge in [0.25, 0.3) is 0 Å². The Kier molecular flexibility index (Phi) is 6.15. The molecule has 0 aromatic carbocycles. The van der Waals surface area contributed by atoms with Crippen molar-refractivity contribution in [2.24, 2.45) is 5.92 Å². The quantitative estimate of drug-likeness (QED) is 0.507. The van der Waals surface area contributed by atoms with E-state index in [9.17, 15) is 18.0 Å². The summed E-state index contributed by atoms with van der Waals surface area (Å²) in [6.07, 6.45) is 4.05. The average molecular weight is 303 g/mol. The smallest absolute Gasteiger partial charge is 0.309 e. The fraction of sp³-hybridized carbons (Fsp3) is 0.667. The topological polar surface area (TPSA) is 95.6 Å². The van der Waals surface area contributed by atoms with Crippen LogP contribution in [0.5, 0.6) is 0 Å². The van der Waals surface area contributed by atoms with Crippen molar-refractivity contribution in [1.29, 1.82) is 0 Å². The van der Waals surface area contributed by atoms with Gasteiger partial charge < -0.3 is 10.6 Å². The Labute approximate surface area is 119 Å². The lowest BCUT2D eigenvalue weighted by Gasteiger charge is -2.30. The summed E-state index contributed by atoms with van der Waals surface area (Å²) < 4.78 is 24.1. The Morgan fingerprint density at radius 3 is 2.30 bits per heavy atom. The van der Waals surface area contributed by atoms with E-state index in [1.165, 1.54) is 16.6 Å². The van der Waals surface area contributed by atoms with E-state index in [1.807, 2.05) is 0 Å². The van der Waals surface area contributed by atoms with Gasteiger partial charge in [0, 0.05) is 26.2 Å². The minimum atomic E-state index is -3.13. The molecule has 0 aromatic heterocycles. The van der Waals surface area contributed by atoms with Gasteiger partial charge in [-0.2, -0.15) is 0 Å². The van der Waals surface area contributed by atoms with Gasteiger partial charge in [0.2, 0.25) is 10.0 Å². The zero-order chi connectivity index (χ0) is 15.2. The van der Waals surface area contributed by atoms with Gasteiger partial charge >= 0.3 is 11.8 Å². The van der Waals surface area contributed by atoms with Gasteiger partial charge in [0.05, 0.1) is 6.26 Å². The second-order valence-corrected chi connectivity index (χ2v) is 6.80. The van der Waals surface area contributed by atoms with Crippen LogP contribution in [0.15, 0.2) is 12.7 Å². The van der Waals surface area contributed by atoms with Gasteiger partial charge in [0.1, 0.15) is 0 Å². The van der Waals surface area contributed by atoms with Crippen molar-refractivity contribution in [2.75, 3.05) is 32.4 Å². The van der Waals surface area contributed by atoms with Crippen LogP contribution in [0.2, 0.25) is 0 Å². The zero-order valence-corrected chi connectivity index (χ0v) is 12.4. The summed E-state index contributed by atoms with van der Waals surface area (Å²) in [4.78, 5) is 22.8. The summed E-state index contributed by atoms with van der Waals surface area (Å²) in [7, 11) is -3.13. The van der Waals surface area contributed by atoms with Gasteiger partial charge in [-0.05, 0) is 18.8 Å². The van der Waals surface area contributed by atoms with Crippen molar-refractivity contribution < 1.29 is 18.0 Å². The molecule has 1 heterocycles. The number of rotatable bonds is 5. The molecule has 114 valence electrons. The summed E-state index contributed by atoms with van der Waals surface area (Å²) in [5.41, 5.74) is 0. The molecule has 8 heteroatoms. The predicted molar refractivity (Wildman–Crippen MR) is 75.4 cm³/mol. The van der Waals surface area contributed by atoms with Crippen LogP contribution >= 0.6 is 0 Å². The standard InChI is InChI=1S/C12H21N3O4S/c1-3-6-13-11(16)12(17)14-9-10-4-7-15(8-5-10)20(2,18)19/h3,10H,1,4-9H2,2H3,(H,13,16)(H,14,17). The monoisotopic (exact) mass is 303 g/mol. The molecule has 0 aliphatic carbocycles. The van der Waals surface area contributed by atoms with E-state index in [0.717, 1.165) is 0 Å². The first kappa shape index (κ1) is 16.6. The molecule has 0 bridgehead atoms. The molecule has 0 atom stereocenters. The fourth-order valence-corrected chi connectivity index (χ4v) is 2.88. The molecule has 1 saturated heterocycles. The summed E-state index contributed by atoms with van der Waals surface area (Å²) >= 11 is 0. The molecular weight excluding hydrogens is 282 g/mol. The Morgan fingerprint density at radius 2 is 1.80 bits per heavy atom. The van der Waals surface area contributed by atoms with E-state index in [1.54, 1.807) is 0 Å². The molecule has 1 fully saturated rings. The number of sulfonamides is 1. The minimum Gasteiger partial charge on any atom is -0.348 e. The van der Waals surface area contributed by atoms with Crippen LogP contribution in [0.25, 0.3) is 0 Å². The number of carbonyl (C=O) groups is 2. The normalized spacial score (nSPS) is 17.4. The van der Waals surface area contributed by atoms with Crippen LogP contribution in [-0.4, -0.2) is 57.0 Å². The molecule has 0 saturated carbocycles. The summed E-state index contributed by atoms with van der Waals surface area (Å²) in [6.45, 7) is 4.99. The Bertz CT molecular complexity index is 467. The third-order valence-corrected chi connectivity index (χ3v) is 4.51. The van der Waals surface area contributed by atoms with Crippen molar-refractivity contribution in [3.8, 4) is 0 Å². The molecule has 0 unspecified atom stereocenters. The molecule has 7 nitrogen and oxygen atoms in total. The Balaban J connectivity index is 2.29. The number of nitrogens with zero attached hydrogens (tertiary/aromatic N) is 1. The molecular formula is C12H21N3O4S. The van der Waals surface area contributed by atoms with Crippen LogP contribution in [0, 0.1) is 5.92 Å². The average Bonchev–Trinajstić information content (AvgIpc) is 2.41. The molecule has 0 radical (unpaired) electrons. The van der Waals surface area contributed by atoms with Gasteiger partial charge in [-0.25, -0.2) is 12.7 Å². The van der Waals surface area contributed by atoms with Crippen molar-refractivity contribution in [1.82, 2.24) is 14.9 Å². The number of nitrogens with one attached hydrogen (secondary N) is 2.